The molecule has 136 valence electrons. The first kappa shape index (κ1) is 18.4. The summed E-state index contributed by atoms with van der Waals surface area (Å²) in [4.78, 5) is 32.6. The van der Waals surface area contributed by atoms with Gasteiger partial charge in [-0.3, -0.25) is 19.5 Å². The van der Waals surface area contributed by atoms with Gasteiger partial charge in [-0.25, -0.2) is 0 Å². The van der Waals surface area contributed by atoms with Crippen molar-refractivity contribution < 1.29 is 9.59 Å². The number of nitrogens with one attached hydrogen (secondary N) is 1. The number of nitrogens with zero attached hydrogens (tertiary/aromatic N) is 3. The van der Waals surface area contributed by atoms with Crippen molar-refractivity contribution in [1.29, 1.82) is 0 Å². The molecule has 1 aliphatic rings. The standard InChI is InChI=1S/C19H21ClN4O2/c20-17-5-1-4-16(11-17)19(26)22-13-18(25)24-9-7-23(8-10-24)14-15-3-2-6-21-12-15/h1-6,11-12H,7-10,13-14H2,(H,22,26). The van der Waals surface area contributed by atoms with Gasteiger partial charge in [0.2, 0.25) is 5.91 Å². The van der Waals surface area contributed by atoms with E-state index < -0.39 is 0 Å². The number of pyridine rings is 1. The third-order valence-corrected chi connectivity index (χ3v) is 4.58. The molecule has 0 radical (unpaired) electrons. The predicted octanol–water partition coefficient (Wildman–Crippen LogP) is 1.81. The summed E-state index contributed by atoms with van der Waals surface area (Å²) in [5.41, 5.74) is 1.62. The van der Waals surface area contributed by atoms with Gasteiger partial charge in [0, 0.05) is 55.7 Å². The van der Waals surface area contributed by atoms with Crippen molar-refractivity contribution in [2.45, 2.75) is 6.54 Å². The molecule has 0 aliphatic carbocycles. The van der Waals surface area contributed by atoms with Crippen LogP contribution in [0.1, 0.15) is 15.9 Å². The molecule has 2 heterocycles. The zero-order valence-corrected chi connectivity index (χ0v) is 15.2. The van der Waals surface area contributed by atoms with E-state index in [1.54, 1.807) is 35.4 Å². The molecule has 0 atom stereocenters. The van der Waals surface area contributed by atoms with E-state index in [0.717, 1.165) is 19.6 Å². The fraction of sp³-hybridized carbons (Fsp3) is 0.316. The molecule has 1 aliphatic heterocycles. The van der Waals surface area contributed by atoms with Gasteiger partial charge in [-0.05, 0) is 29.8 Å². The Morgan fingerprint density at radius 2 is 1.92 bits per heavy atom. The molecule has 0 saturated carbocycles. The summed E-state index contributed by atoms with van der Waals surface area (Å²) in [6, 6.07) is 10.6. The summed E-state index contributed by atoms with van der Waals surface area (Å²) in [6.45, 7) is 3.76. The van der Waals surface area contributed by atoms with Crippen LogP contribution in [0.2, 0.25) is 5.02 Å². The number of piperazine rings is 1. The minimum atomic E-state index is -0.295. The van der Waals surface area contributed by atoms with Crippen LogP contribution in [0.5, 0.6) is 0 Å². The Labute approximate surface area is 157 Å². The Morgan fingerprint density at radius 3 is 2.62 bits per heavy atom. The van der Waals surface area contributed by atoms with Crippen molar-refractivity contribution >= 4 is 23.4 Å². The van der Waals surface area contributed by atoms with Crippen molar-refractivity contribution in [3.05, 3.63) is 64.9 Å². The molecular weight excluding hydrogens is 352 g/mol. The number of hydrogen-bond acceptors (Lipinski definition) is 4. The van der Waals surface area contributed by atoms with Crippen LogP contribution in [-0.4, -0.2) is 59.3 Å². The highest BCUT2D eigenvalue weighted by Gasteiger charge is 2.21. The van der Waals surface area contributed by atoms with Crippen LogP contribution in [-0.2, 0) is 11.3 Å². The van der Waals surface area contributed by atoms with Gasteiger partial charge in [-0.1, -0.05) is 23.7 Å². The van der Waals surface area contributed by atoms with Crippen LogP contribution in [0.4, 0.5) is 0 Å². The maximum absolute atomic E-state index is 12.3. The van der Waals surface area contributed by atoms with Crippen molar-refractivity contribution in [3.8, 4) is 0 Å². The number of benzene rings is 1. The van der Waals surface area contributed by atoms with E-state index in [2.05, 4.69) is 21.3 Å². The summed E-state index contributed by atoms with van der Waals surface area (Å²) in [7, 11) is 0. The van der Waals surface area contributed by atoms with Crippen LogP contribution in [0.3, 0.4) is 0 Å². The van der Waals surface area contributed by atoms with Crippen molar-refractivity contribution in [2.24, 2.45) is 0 Å². The second kappa shape index (κ2) is 8.78. The molecule has 1 saturated heterocycles. The molecule has 7 heteroatoms. The second-order valence-electron chi connectivity index (χ2n) is 6.21. The lowest BCUT2D eigenvalue weighted by molar-refractivity contribution is -0.131. The molecule has 3 rings (SSSR count). The number of halogens is 1. The Bertz CT molecular complexity index is 761. The van der Waals surface area contributed by atoms with E-state index >= 15 is 0 Å². The quantitative estimate of drug-likeness (QED) is 0.869. The highest BCUT2D eigenvalue weighted by atomic mass is 35.5. The first-order valence-electron chi connectivity index (χ1n) is 8.54. The lowest BCUT2D eigenvalue weighted by Crippen LogP contribution is -2.50. The number of aromatic nitrogens is 1. The fourth-order valence-corrected chi connectivity index (χ4v) is 3.10. The minimum Gasteiger partial charge on any atom is -0.343 e. The molecule has 26 heavy (non-hydrogen) atoms. The number of amides is 2. The zero-order valence-electron chi connectivity index (χ0n) is 14.4. The van der Waals surface area contributed by atoms with Gasteiger partial charge in [0.25, 0.3) is 5.91 Å². The van der Waals surface area contributed by atoms with Crippen LogP contribution >= 0.6 is 11.6 Å². The third-order valence-electron chi connectivity index (χ3n) is 4.34. The predicted molar refractivity (Wildman–Crippen MR) is 99.9 cm³/mol. The van der Waals surface area contributed by atoms with Crippen LogP contribution in [0, 0.1) is 0 Å². The molecule has 0 spiro atoms. The van der Waals surface area contributed by atoms with Gasteiger partial charge in [0.15, 0.2) is 0 Å². The normalized spacial score (nSPS) is 14.9. The first-order valence-corrected chi connectivity index (χ1v) is 8.92. The number of rotatable bonds is 5. The molecule has 1 aromatic heterocycles. The van der Waals surface area contributed by atoms with E-state index in [4.69, 9.17) is 11.6 Å². The van der Waals surface area contributed by atoms with Gasteiger partial charge in [0.1, 0.15) is 0 Å². The molecule has 0 unspecified atom stereocenters. The smallest absolute Gasteiger partial charge is 0.251 e. The van der Waals surface area contributed by atoms with Crippen LogP contribution in [0.25, 0.3) is 0 Å². The number of carbonyl (C=O) groups excluding carboxylic acids is 2. The van der Waals surface area contributed by atoms with Crippen LogP contribution in [0.15, 0.2) is 48.8 Å². The third kappa shape index (κ3) is 5.03. The largest absolute Gasteiger partial charge is 0.343 e. The van der Waals surface area contributed by atoms with Gasteiger partial charge >= 0.3 is 0 Å². The lowest BCUT2D eigenvalue weighted by atomic mass is 10.2. The lowest BCUT2D eigenvalue weighted by Gasteiger charge is -2.34. The Balaban J connectivity index is 1.43. The first-order chi connectivity index (χ1) is 12.6. The molecule has 1 fully saturated rings. The maximum atomic E-state index is 12.3. The van der Waals surface area contributed by atoms with Gasteiger partial charge in [-0.2, -0.15) is 0 Å². The van der Waals surface area contributed by atoms with Crippen LogP contribution < -0.4 is 5.32 Å². The van der Waals surface area contributed by atoms with E-state index in [1.807, 2.05) is 12.3 Å². The molecule has 2 aromatic rings. The molecule has 6 nitrogen and oxygen atoms in total. The number of carbonyl (C=O) groups is 2. The van der Waals surface area contributed by atoms with Crippen molar-refractivity contribution in [2.75, 3.05) is 32.7 Å². The summed E-state index contributed by atoms with van der Waals surface area (Å²) in [5.74, 6) is -0.363. The van der Waals surface area contributed by atoms with E-state index in [1.165, 1.54) is 5.56 Å². The van der Waals surface area contributed by atoms with E-state index in [-0.39, 0.29) is 18.4 Å². The molecule has 1 N–H and O–H groups in total. The fourth-order valence-electron chi connectivity index (χ4n) is 2.90. The molecular formula is C19H21ClN4O2. The van der Waals surface area contributed by atoms with Gasteiger partial charge in [-0.15, -0.1) is 0 Å². The van der Waals surface area contributed by atoms with Crippen molar-refractivity contribution in [1.82, 2.24) is 20.1 Å². The highest BCUT2D eigenvalue weighted by Crippen LogP contribution is 2.11. The van der Waals surface area contributed by atoms with Gasteiger partial charge in [0.05, 0.1) is 6.54 Å². The summed E-state index contributed by atoms with van der Waals surface area (Å²) in [5, 5.41) is 3.16. The highest BCUT2D eigenvalue weighted by molar-refractivity contribution is 6.30. The Hall–Kier alpha value is -2.44. The average Bonchev–Trinajstić information content (AvgIpc) is 2.67. The summed E-state index contributed by atoms with van der Waals surface area (Å²) >= 11 is 5.88. The minimum absolute atomic E-state index is 0.00600. The number of hydrogen-bond donors (Lipinski definition) is 1. The zero-order chi connectivity index (χ0) is 18.4. The van der Waals surface area contributed by atoms with Gasteiger partial charge < -0.3 is 10.2 Å². The molecule has 2 amide bonds. The molecule has 1 aromatic carbocycles. The van der Waals surface area contributed by atoms with E-state index in [0.29, 0.717) is 23.7 Å². The maximum Gasteiger partial charge on any atom is 0.251 e. The summed E-state index contributed by atoms with van der Waals surface area (Å²) in [6.07, 6.45) is 3.63. The van der Waals surface area contributed by atoms with E-state index in [9.17, 15) is 9.59 Å². The second-order valence-corrected chi connectivity index (χ2v) is 6.65. The molecule has 0 bridgehead atoms. The van der Waals surface area contributed by atoms with Crippen molar-refractivity contribution in [3.63, 3.8) is 0 Å². The Morgan fingerprint density at radius 1 is 1.12 bits per heavy atom. The SMILES string of the molecule is O=C(NCC(=O)N1CCN(Cc2cccnc2)CC1)c1cccc(Cl)c1. The monoisotopic (exact) mass is 372 g/mol. The topological polar surface area (TPSA) is 65.5 Å². The average molecular weight is 373 g/mol. The Kier molecular flexibility index (Phi) is 6.20. The summed E-state index contributed by atoms with van der Waals surface area (Å²) < 4.78 is 0.